The number of methoxy groups -OCH3 is 2. The fourth-order valence-electron chi connectivity index (χ4n) is 1.31. The Morgan fingerprint density at radius 2 is 2.07 bits per heavy atom. The van der Waals surface area contributed by atoms with Gasteiger partial charge in [0.25, 0.3) is 0 Å². The molecule has 1 rings (SSSR count). The average molecular weight is 275 g/mol. The van der Waals surface area contributed by atoms with Crippen LogP contribution in [0.5, 0.6) is 0 Å². The molecule has 0 spiro atoms. The van der Waals surface area contributed by atoms with Gasteiger partial charge in [-0.25, -0.2) is 4.98 Å². The van der Waals surface area contributed by atoms with Crippen LogP contribution >= 0.6 is 15.9 Å². The van der Waals surface area contributed by atoms with Gasteiger partial charge in [-0.2, -0.15) is 0 Å². The molecule has 0 aliphatic carbocycles. The second-order valence-electron chi connectivity index (χ2n) is 3.11. The van der Waals surface area contributed by atoms with Gasteiger partial charge in [0, 0.05) is 20.4 Å². The Bertz CT molecular complexity index is 305. The number of nitrogens with zero attached hydrogens (tertiary/aromatic N) is 1. The Labute approximate surface area is 98.1 Å². The monoisotopic (exact) mass is 274 g/mol. The second-order valence-corrected chi connectivity index (χ2v) is 3.87. The number of pyridine rings is 1. The molecule has 1 N–H and O–H groups in total. The first kappa shape index (κ1) is 12.4. The number of ether oxygens (including phenoxy) is 2. The second kappa shape index (κ2) is 6.05. The van der Waals surface area contributed by atoms with Gasteiger partial charge in [0.2, 0.25) is 0 Å². The molecule has 15 heavy (non-hydrogen) atoms. The van der Waals surface area contributed by atoms with Gasteiger partial charge in [-0.15, -0.1) is 0 Å². The summed E-state index contributed by atoms with van der Waals surface area (Å²) in [6.07, 6.45) is 1.45. The Hall–Kier alpha value is -0.650. The van der Waals surface area contributed by atoms with Crippen LogP contribution in [0.25, 0.3) is 0 Å². The van der Waals surface area contributed by atoms with E-state index in [1.54, 1.807) is 20.4 Å². The lowest BCUT2D eigenvalue weighted by Crippen LogP contribution is -2.33. The summed E-state index contributed by atoms with van der Waals surface area (Å²) in [4.78, 5) is 4.12. The van der Waals surface area contributed by atoms with Crippen LogP contribution in [0.3, 0.4) is 0 Å². The minimum absolute atomic E-state index is 0.0421. The molecule has 1 atom stereocenters. The quantitative estimate of drug-likeness (QED) is 0.661. The summed E-state index contributed by atoms with van der Waals surface area (Å²) in [7, 11) is 3.23. The molecular weight excluding hydrogens is 260 g/mol. The van der Waals surface area contributed by atoms with Crippen LogP contribution in [0.1, 0.15) is 6.92 Å². The summed E-state index contributed by atoms with van der Waals surface area (Å²) in [5.74, 6) is 0. The van der Waals surface area contributed by atoms with E-state index in [1.165, 1.54) is 0 Å². The standard InChI is InChI=1S/C10H15BrN2O2/c1-7(10(14-2)15-3)13-8-5-4-6-12-9(8)11/h4-7,10,13H,1-3H3. The van der Waals surface area contributed by atoms with Crippen molar-refractivity contribution in [2.45, 2.75) is 19.3 Å². The van der Waals surface area contributed by atoms with Crippen LogP contribution in [0.2, 0.25) is 0 Å². The van der Waals surface area contributed by atoms with E-state index in [-0.39, 0.29) is 12.3 Å². The van der Waals surface area contributed by atoms with Crippen LogP contribution in [0, 0.1) is 0 Å². The predicted molar refractivity (Wildman–Crippen MR) is 62.8 cm³/mol. The average Bonchev–Trinajstić information content (AvgIpc) is 2.23. The SMILES string of the molecule is COC(OC)C(C)Nc1cccnc1Br. The van der Waals surface area contributed by atoms with Gasteiger partial charge in [0.1, 0.15) is 4.60 Å². The van der Waals surface area contributed by atoms with Crippen molar-refractivity contribution >= 4 is 21.6 Å². The number of rotatable bonds is 5. The van der Waals surface area contributed by atoms with Crippen molar-refractivity contribution in [3.8, 4) is 0 Å². The minimum Gasteiger partial charge on any atom is -0.375 e. The zero-order valence-corrected chi connectivity index (χ0v) is 10.6. The number of hydrogen-bond acceptors (Lipinski definition) is 4. The van der Waals surface area contributed by atoms with Gasteiger partial charge >= 0.3 is 0 Å². The third-order valence-electron chi connectivity index (χ3n) is 2.02. The maximum Gasteiger partial charge on any atom is 0.176 e. The van der Waals surface area contributed by atoms with Gasteiger partial charge in [-0.05, 0) is 35.0 Å². The number of nitrogens with one attached hydrogen (secondary N) is 1. The van der Waals surface area contributed by atoms with Gasteiger partial charge in [0.05, 0.1) is 11.7 Å². The topological polar surface area (TPSA) is 43.4 Å². The van der Waals surface area contributed by atoms with E-state index in [1.807, 2.05) is 19.1 Å². The van der Waals surface area contributed by atoms with Crippen molar-refractivity contribution in [1.82, 2.24) is 4.98 Å². The molecule has 0 fully saturated rings. The Morgan fingerprint density at radius 1 is 1.40 bits per heavy atom. The third kappa shape index (κ3) is 3.44. The van der Waals surface area contributed by atoms with E-state index in [4.69, 9.17) is 9.47 Å². The predicted octanol–water partition coefficient (Wildman–Crippen LogP) is 2.26. The van der Waals surface area contributed by atoms with Crippen molar-refractivity contribution < 1.29 is 9.47 Å². The van der Waals surface area contributed by atoms with E-state index < -0.39 is 0 Å². The number of aromatic nitrogens is 1. The fraction of sp³-hybridized carbons (Fsp3) is 0.500. The minimum atomic E-state index is -0.280. The van der Waals surface area contributed by atoms with E-state index in [0.717, 1.165) is 10.3 Å². The lowest BCUT2D eigenvalue weighted by Gasteiger charge is -2.23. The van der Waals surface area contributed by atoms with Crippen molar-refractivity contribution in [2.24, 2.45) is 0 Å². The summed E-state index contributed by atoms with van der Waals surface area (Å²) < 4.78 is 11.1. The molecule has 1 aromatic rings. The first-order chi connectivity index (χ1) is 7.19. The summed E-state index contributed by atoms with van der Waals surface area (Å²) in [6, 6.07) is 3.85. The maximum atomic E-state index is 5.15. The van der Waals surface area contributed by atoms with Crippen molar-refractivity contribution in [1.29, 1.82) is 0 Å². The lowest BCUT2D eigenvalue weighted by molar-refractivity contribution is -0.109. The molecule has 1 heterocycles. The van der Waals surface area contributed by atoms with Gasteiger partial charge in [-0.1, -0.05) is 0 Å². The molecular formula is C10H15BrN2O2. The molecule has 0 aliphatic heterocycles. The molecule has 0 saturated carbocycles. The van der Waals surface area contributed by atoms with Crippen molar-refractivity contribution in [3.63, 3.8) is 0 Å². The molecule has 0 aromatic carbocycles. The van der Waals surface area contributed by atoms with Crippen molar-refractivity contribution in [2.75, 3.05) is 19.5 Å². The van der Waals surface area contributed by atoms with Crippen LogP contribution in [-0.4, -0.2) is 31.5 Å². The van der Waals surface area contributed by atoms with E-state index in [0.29, 0.717) is 0 Å². The van der Waals surface area contributed by atoms with Crippen molar-refractivity contribution in [3.05, 3.63) is 22.9 Å². The summed E-state index contributed by atoms with van der Waals surface area (Å²) >= 11 is 3.36. The molecule has 0 amide bonds. The summed E-state index contributed by atoms with van der Waals surface area (Å²) in [5, 5.41) is 3.25. The van der Waals surface area contributed by atoms with Gasteiger partial charge in [-0.3, -0.25) is 0 Å². The third-order valence-corrected chi connectivity index (χ3v) is 2.65. The number of hydrogen-bond donors (Lipinski definition) is 1. The van der Waals surface area contributed by atoms with Crippen LogP contribution in [-0.2, 0) is 9.47 Å². The first-order valence-electron chi connectivity index (χ1n) is 4.61. The Morgan fingerprint density at radius 3 is 2.60 bits per heavy atom. The molecule has 0 radical (unpaired) electrons. The highest BCUT2D eigenvalue weighted by Gasteiger charge is 2.16. The first-order valence-corrected chi connectivity index (χ1v) is 5.41. The van der Waals surface area contributed by atoms with Gasteiger partial charge < -0.3 is 14.8 Å². The molecule has 0 bridgehead atoms. The van der Waals surface area contributed by atoms with Crippen LogP contribution in [0.4, 0.5) is 5.69 Å². The molecule has 84 valence electrons. The van der Waals surface area contributed by atoms with E-state index in [2.05, 4.69) is 26.2 Å². The zero-order chi connectivity index (χ0) is 11.3. The van der Waals surface area contributed by atoms with Crippen LogP contribution < -0.4 is 5.32 Å². The zero-order valence-electron chi connectivity index (χ0n) is 9.03. The highest BCUT2D eigenvalue weighted by molar-refractivity contribution is 9.10. The molecule has 1 unspecified atom stereocenters. The maximum absolute atomic E-state index is 5.15. The fourth-order valence-corrected chi connectivity index (χ4v) is 1.68. The molecule has 1 aromatic heterocycles. The number of anilines is 1. The largest absolute Gasteiger partial charge is 0.375 e. The lowest BCUT2D eigenvalue weighted by atomic mass is 10.3. The normalized spacial score (nSPS) is 12.9. The Kier molecular flexibility index (Phi) is 5.01. The van der Waals surface area contributed by atoms with Gasteiger partial charge in [0.15, 0.2) is 6.29 Å². The number of halogens is 1. The summed E-state index contributed by atoms with van der Waals surface area (Å²) in [6.45, 7) is 1.98. The molecule has 4 nitrogen and oxygen atoms in total. The molecule has 5 heteroatoms. The highest BCUT2D eigenvalue weighted by atomic mass is 79.9. The smallest absolute Gasteiger partial charge is 0.176 e. The Balaban J connectivity index is 2.65. The van der Waals surface area contributed by atoms with Crippen LogP contribution in [0.15, 0.2) is 22.9 Å². The molecule has 0 saturated heterocycles. The molecule has 0 aliphatic rings. The van der Waals surface area contributed by atoms with E-state index in [9.17, 15) is 0 Å². The van der Waals surface area contributed by atoms with E-state index >= 15 is 0 Å². The highest BCUT2D eigenvalue weighted by Crippen LogP contribution is 2.20. The summed E-state index contributed by atoms with van der Waals surface area (Å²) in [5.41, 5.74) is 0.920.